The van der Waals surface area contributed by atoms with Gasteiger partial charge in [0.1, 0.15) is 15.7 Å². The number of nitrogens with zero attached hydrogens (tertiary/aromatic N) is 3. The first-order valence-electron chi connectivity index (χ1n) is 15.0. The van der Waals surface area contributed by atoms with Crippen molar-refractivity contribution in [2.24, 2.45) is 11.3 Å². The molecule has 246 valence electrons. The average molecular weight is 706 g/mol. The van der Waals surface area contributed by atoms with Crippen molar-refractivity contribution in [1.82, 2.24) is 15.0 Å². The van der Waals surface area contributed by atoms with Gasteiger partial charge in [0, 0.05) is 34.2 Å². The molecule has 0 radical (unpaired) electrons. The first-order chi connectivity index (χ1) is 22.3. The van der Waals surface area contributed by atoms with Gasteiger partial charge in [-0.05, 0) is 62.3 Å². The van der Waals surface area contributed by atoms with Gasteiger partial charge >= 0.3 is 0 Å². The second-order valence-corrected chi connectivity index (χ2v) is 17.9. The predicted molar refractivity (Wildman–Crippen MR) is 167 cm³/mol. The molecule has 2 bridgehead atoms. The molecule has 1 saturated heterocycles. The number of sulfone groups is 1. The van der Waals surface area contributed by atoms with Crippen molar-refractivity contribution < 1.29 is 34.4 Å². The molecule has 2 aromatic heterocycles. The first-order valence-corrected chi connectivity index (χ1v) is 19.1. The van der Waals surface area contributed by atoms with E-state index in [-0.39, 0.29) is 39.6 Å². The van der Waals surface area contributed by atoms with Crippen molar-refractivity contribution in [3.05, 3.63) is 70.9 Å². The van der Waals surface area contributed by atoms with Crippen LogP contribution in [0.5, 0.6) is 0 Å². The molecule has 0 unspecified atom stereocenters. The minimum absolute atomic E-state index is 0.0141. The molecule has 0 atom stereocenters. The van der Waals surface area contributed by atoms with Gasteiger partial charge in [-0.25, -0.2) is 49.3 Å². The van der Waals surface area contributed by atoms with Crippen molar-refractivity contribution in [3.63, 3.8) is 0 Å². The maximum absolute atomic E-state index is 16.3. The molecular formula is C31H27F4N5O4S3. The van der Waals surface area contributed by atoms with E-state index in [1.807, 2.05) is 4.72 Å². The van der Waals surface area contributed by atoms with E-state index >= 15 is 4.39 Å². The number of benzene rings is 2. The number of nitrogens with one attached hydrogen (secondary N) is 2. The number of alkyl halides is 2. The Hall–Kier alpha value is -3.63. The third-order valence-corrected chi connectivity index (χ3v) is 14.6. The lowest BCUT2D eigenvalue weighted by Crippen LogP contribution is -2.60. The van der Waals surface area contributed by atoms with E-state index in [0.717, 1.165) is 48.5 Å². The second kappa shape index (κ2) is 10.4. The number of thiazole rings is 1. The monoisotopic (exact) mass is 705 g/mol. The van der Waals surface area contributed by atoms with E-state index in [9.17, 15) is 30.0 Å². The summed E-state index contributed by atoms with van der Waals surface area (Å²) in [5, 5.41) is 4.10. The maximum atomic E-state index is 16.3. The van der Waals surface area contributed by atoms with Gasteiger partial charge in [-0.1, -0.05) is 18.2 Å². The molecule has 9 nitrogen and oxygen atoms in total. The Morgan fingerprint density at radius 2 is 1.68 bits per heavy atom. The van der Waals surface area contributed by atoms with E-state index < -0.39 is 54.1 Å². The van der Waals surface area contributed by atoms with Gasteiger partial charge in [0.05, 0.1) is 33.5 Å². The molecule has 16 heteroatoms. The summed E-state index contributed by atoms with van der Waals surface area (Å²) in [6.07, 6.45) is 2.60. The Balaban J connectivity index is 1.13. The van der Waals surface area contributed by atoms with Crippen molar-refractivity contribution in [2.75, 3.05) is 21.5 Å². The summed E-state index contributed by atoms with van der Waals surface area (Å²) in [6.45, 7) is 0. The number of sulfonamides is 1. The van der Waals surface area contributed by atoms with E-state index in [1.165, 1.54) is 23.5 Å². The van der Waals surface area contributed by atoms with E-state index in [1.54, 1.807) is 12.3 Å². The van der Waals surface area contributed by atoms with Crippen LogP contribution in [-0.2, 0) is 25.3 Å². The number of hydrogen-bond donors (Lipinski definition) is 2. The molecule has 4 aromatic rings. The first kappa shape index (κ1) is 30.7. The molecule has 5 fully saturated rings. The molecule has 3 heterocycles. The van der Waals surface area contributed by atoms with E-state index in [0.29, 0.717) is 35.3 Å². The van der Waals surface area contributed by atoms with Crippen molar-refractivity contribution in [1.29, 1.82) is 0 Å². The van der Waals surface area contributed by atoms with Crippen LogP contribution in [-0.4, -0.2) is 49.3 Å². The van der Waals surface area contributed by atoms with Crippen LogP contribution in [0.25, 0.3) is 21.8 Å². The van der Waals surface area contributed by atoms with Crippen LogP contribution in [0, 0.1) is 23.0 Å². The summed E-state index contributed by atoms with van der Waals surface area (Å²) in [6, 6.07) is 8.16. The van der Waals surface area contributed by atoms with E-state index in [4.69, 9.17) is 9.97 Å². The van der Waals surface area contributed by atoms with Gasteiger partial charge in [0.15, 0.2) is 15.7 Å². The summed E-state index contributed by atoms with van der Waals surface area (Å²) in [7, 11) is -7.90. The molecule has 1 aliphatic heterocycles. The lowest BCUT2D eigenvalue weighted by molar-refractivity contribution is -0.0274. The topological polar surface area (TPSA) is 131 Å². The fourth-order valence-electron chi connectivity index (χ4n) is 7.57. The molecule has 9 rings (SSSR count). The standard InChI is InChI=1S/C31H27F4N5O4S3/c32-20-5-1-4-19(27(34)35)26(20)47(43,44)40-21-6-2-3-18(23(21)33)24-25(45-28(39-24)31-9-16(10-31)11-31)22-7-8-36-29(38-22)37-17-12-30(13-17)14-46(41,42)15-30/h1-8,16-17,27,40H,9-15H2,(H,36,37,38). The summed E-state index contributed by atoms with van der Waals surface area (Å²) in [5.41, 5.74) is -1.20. The van der Waals surface area contributed by atoms with Crippen LogP contribution < -0.4 is 10.0 Å². The lowest BCUT2D eigenvalue weighted by atomic mass is 9.45. The Kier molecular flexibility index (Phi) is 6.81. The van der Waals surface area contributed by atoms with Gasteiger partial charge in [-0.2, -0.15) is 0 Å². The Morgan fingerprint density at radius 3 is 2.34 bits per heavy atom. The summed E-state index contributed by atoms with van der Waals surface area (Å²) in [5.74, 6) is -1.03. The average Bonchev–Trinajstić information content (AvgIpc) is 3.35. The highest BCUT2D eigenvalue weighted by Gasteiger charge is 2.59. The van der Waals surface area contributed by atoms with Gasteiger partial charge in [-0.3, -0.25) is 4.72 Å². The molecular weight excluding hydrogens is 679 g/mol. The Labute approximate surface area is 271 Å². The Morgan fingerprint density at radius 1 is 0.957 bits per heavy atom. The smallest absolute Gasteiger partial charge is 0.265 e. The quantitative estimate of drug-likeness (QED) is 0.194. The zero-order chi connectivity index (χ0) is 32.9. The highest BCUT2D eigenvalue weighted by Crippen LogP contribution is 2.66. The molecule has 2 N–H and O–H groups in total. The SMILES string of the molecule is O=S1(=O)CC2(CC(Nc3nccc(-c4sc(C56CC(C5)C6)nc4-c4cccc(NS(=O)(=O)c5c(F)cccc5C(F)F)c4F)n3)C2)C1. The molecule has 47 heavy (non-hydrogen) atoms. The molecule has 4 aliphatic carbocycles. The molecule has 5 aliphatic rings. The van der Waals surface area contributed by atoms with Crippen molar-refractivity contribution >= 4 is 42.8 Å². The minimum Gasteiger partial charge on any atom is -0.351 e. The lowest BCUT2D eigenvalue weighted by Gasteiger charge is -2.60. The largest absolute Gasteiger partial charge is 0.351 e. The highest BCUT2D eigenvalue weighted by molar-refractivity contribution is 7.93. The highest BCUT2D eigenvalue weighted by atomic mass is 32.2. The minimum atomic E-state index is -4.96. The van der Waals surface area contributed by atoms with Crippen LogP contribution in [0.1, 0.15) is 49.1 Å². The van der Waals surface area contributed by atoms with Gasteiger partial charge in [0.2, 0.25) is 5.95 Å². The molecule has 1 spiro atoms. The van der Waals surface area contributed by atoms with Crippen LogP contribution in [0.3, 0.4) is 0 Å². The zero-order valence-electron chi connectivity index (χ0n) is 24.5. The summed E-state index contributed by atoms with van der Waals surface area (Å²) in [4.78, 5) is 13.2. The summed E-state index contributed by atoms with van der Waals surface area (Å²) >= 11 is 1.39. The number of rotatable bonds is 9. The fourth-order valence-corrected chi connectivity index (χ4v) is 12.4. The zero-order valence-corrected chi connectivity index (χ0v) is 27.0. The van der Waals surface area contributed by atoms with Crippen LogP contribution in [0.4, 0.5) is 29.2 Å². The van der Waals surface area contributed by atoms with Crippen LogP contribution in [0.15, 0.2) is 53.6 Å². The fraction of sp³-hybridized carbons (Fsp3) is 0.387. The van der Waals surface area contributed by atoms with Gasteiger partial charge < -0.3 is 5.32 Å². The van der Waals surface area contributed by atoms with Crippen molar-refractivity contribution in [3.8, 4) is 21.8 Å². The molecule has 4 saturated carbocycles. The van der Waals surface area contributed by atoms with Crippen molar-refractivity contribution in [2.45, 2.75) is 54.9 Å². The van der Waals surface area contributed by atoms with Crippen LogP contribution in [0.2, 0.25) is 0 Å². The Bertz CT molecular complexity index is 2140. The summed E-state index contributed by atoms with van der Waals surface area (Å²) < 4.78 is 110. The number of halogens is 4. The van der Waals surface area contributed by atoms with Gasteiger partial charge in [-0.15, -0.1) is 11.3 Å². The number of anilines is 2. The molecule has 0 amide bonds. The molecule has 2 aromatic carbocycles. The third-order valence-electron chi connectivity index (χ3n) is 9.75. The predicted octanol–water partition coefficient (Wildman–Crippen LogP) is 6.32. The van der Waals surface area contributed by atoms with Crippen LogP contribution >= 0.6 is 11.3 Å². The third kappa shape index (κ3) is 5.10. The second-order valence-electron chi connectivity index (χ2n) is 13.2. The van der Waals surface area contributed by atoms with E-state index in [2.05, 4.69) is 10.3 Å². The van der Waals surface area contributed by atoms with Gasteiger partial charge in [0.25, 0.3) is 16.4 Å². The maximum Gasteiger partial charge on any atom is 0.265 e. The number of aromatic nitrogens is 3. The number of hydrogen-bond acceptors (Lipinski definition) is 9. The normalized spacial score (nSPS) is 23.8.